The summed E-state index contributed by atoms with van der Waals surface area (Å²) >= 11 is 2.22. The Hall–Kier alpha value is -1.53. The number of hydrogen-bond donors (Lipinski definition) is 0. The fraction of sp³-hybridized carbons (Fsp3) is 0.292. The summed E-state index contributed by atoms with van der Waals surface area (Å²) in [6.07, 6.45) is 6.03. The number of allylic oxidation sites excluding steroid dienone is 1. The zero-order chi connectivity index (χ0) is 21.4. The maximum atomic E-state index is 4.49. The van der Waals surface area contributed by atoms with E-state index >= 15 is 0 Å². The Morgan fingerprint density at radius 1 is 0.750 bits per heavy atom. The molecular formula is C24H31ClN2Pd. The molecule has 2 aromatic rings. The van der Waals surface area contributed by atoms with Crippen molar-refractivity contribution < 1.29 is 18.2 Å². The van der Waals surface area contributed by atoms with Gasteiger partial charge in [0.1, 0.15) is 0 Å². The summed E-state index contributed by atoms with van der Waals surface area (Å²) in [6.45, 7) is 20.5. The van der Waals surface area contributed by atoms with Crippen molar-refractivity contribution in [3.8, 4) is 0 Å². The van der Waals surface area contributed by atoms with Crippen molar-refractivity contribution >= 4 is 20.9 Å². The Morgan fingerprint density at radius 3 is 1.25 bits per heavy atom. The first-order valence-electron chi connectivity index (χ1n) is 9.23. The second-order valence-corrected chi connectivity index (χ2v) is 7.13. The molecule has 0 unspecified atom stereocenters. The van der Waals surface area contributed by atoms with Crippen LogP contribution < -0.4 is 9.80 Å². The number of nitrogens with zero attached hydrogens (tertiary/aromatic N) is 2. The fourth-order valence-electron chi connectivity index (χ4n) is 3.78. The van der Waals surface area contributed by atoms with Gasteiger partial charge in [0, 0.05) is 11.4 Å². The van der Waals surface area contributed by atoms with Crippen LogP contribution in [0.4, 0.5) is 11.4 Å². The first kappa shape index (κ1) is 24.5. The normalized spacial score (nSPS) is 12.2. The van der Waals surface area contributed by atoms with E-state index in [1.807, 2.05) is 6.92 Å². The molecule has 2 nitrogen and oxygen atoms in total. The van der Waals surface area contributed by atoms with Gasteiger partial charge in [-0.3, -0.25) is 0 Å². The van der Waals surface area contributed by atoms with Crippen molar-refractivity contribution in [3.05, 3.63) is 89.4 Å². The average molecular weight is 489 g/mol. The van der Waals surface area contributed by atoms with Crippen LogP contribution in [0.25, 0.3) is 0 Å². The Labute approximate surface area is 186 Å². The van der Waals surface area contributed by atoms with Crippen LogP contribution in [0.2, 0.25) is 0 Å². The van der Waals surface area contributed by atoms with Gasteiger partial charge in [-0.2, -0.15) is 0 Å². The summed E-state index contributed by atoms with van der Waals surface area (Å²) in [4.78, 5) is 4.45. The molecule has 3 rings (SSSR count). The van der Waals surface area contributed by atoms with Gasteiger partial charge in [-0.1, -0.05) is 41.5 Å². The van der Waals surface area contributed by atoms with Gasteiger partial charge >= 0.3 is 27.7 Å². The van der Waals surface area contributed by atoms with Crippen LogP contribution in [0.5, 0.6) is 0 Å². The molecule has 0 amide bonds. The van der Waals surface area contributed by atoms with Gasteiger partial charge in [-0.05, 0) is 83.1 Å². The molecule has 4 heteroatoms. The molecule has 1 heterocycles. The summed E-state index contributed by atoms with van der Waals surface area (Å²) in [7, 11) is 4.49. The van der Waals surface area contributed by atoms with E-state index < -0.39 is 0 Å². The van der Waals surface area contributed by atoms with E-state index in [1.54, 1.807) is 6.08 Å². The topological polar surface area (TPSA) is 6.48 Å². The molecule has 0 saturated carbocycles. The Morgan fingerprint density at radius 2 is 1.00 bits per heavy atom. The van der Waals surface area contributed by atoms with Gasteiger partial charge in [-0.25, -0.2) is 0 Å². The van der Waals surface area contributed by atoms with Gasteiger partial charge in [0.05, 0.1) is 0 Å². The van der Waals surface area contributed by atoms with E-state index in [-0.39, 0.29) is 0 Å². The van der Waals surface area contributed by atoms with Gasteiger partial charge in [0.15, 0.2) is 0 Å². The quantitative estimate of drug-likeness (QED) is 0.248. The first-order valence-corrected chi connectivity index (χ1v) is 11.2. The van der Waals surface area contributed by atoms with E-state index in [4.69, 9.17) is 0 Å². The number of halogens is 1. The average Bonchev–Trinajstić information content (AvgIpc) is 3.04. The molecule has 1 aliphatic rings. The zero-order valence-corrected chi connectivity index (χ0v) is 20.2. The van der Waals surface area contributed by atoms with Crippen molar-refractivity contribution in [1.29, 1.82) is 0 Å². The molecule has 2 aromatic carbocycles. The minimum atomic E-state index is 1.27. The molecular weight excluding hydrogens is 458 g/mol. The van der Waals surface area contributed by atoms with Crippen LogP contribution in [-0.2, 0) is 18.2 Å². The van der Waals surface area contributed by atoms with E-state index in [0.717, 1.165) is 0 Å². The molecule has 0 aromatic heterocycles. The molecule has 1 aliphatic heterocycles. The minimum absolute atomic E-state index is 1.27. The molecule has 0 radical (unpaired) electrons. The molecule has 28 heavy (non-hydrogen) atoms. The Kier molecular flexibility index (Phi) is 10.0. The molecule has 0 aliphatic carbocycles. The van der Waals surface area contributed by atoms with E-state index in [2.05, 4.69) is 129 Å². The van der Waals surface area contributed by atoms with Gasteiger partial charge in [-0.15, -0.1) is 13.2 Å². The summed E-state index contributed by atoms with van der Waals surface area (Å²) in [6, 6.07) is 8.98. The number of anilines is 2. The number of benzene rings is 2. The number of hydrogen-bond acceptors (Lipinski definition) is 2. The van der Waals surface area contributed by atoms with E-state index in [1.165, 1.54) is 44.8 Å². The standard InChI is InChI=1S/C21H25N2.C3H6.ClH.Pd/c1-14-9-16(3)20(17(4)10-14)22-7-8-23(13-22)21-18(5)11-15(2)12-19(21)6;1-3-2;;/h7-13H,1-6H3;3H,1H2,2H3;1H;/q-1;;;+2/p-1. The van der Waals surface area contributed by atoms with Gasteiger partial charge in [0.2, 0.25) is 0 Å². The van der Waals surface area contributed by atoms with Crippen LogP contribution in [0.15, 0.2) is 49.3 Å². The molecule has 0 fully saturated rings. The predicted octanol–water partition coefficient (Wildman–Crippen LogP) is 7.33. The van der Waals surface area contributed by atoms with Crippen LogP contribution >= 0.6 is 9.53 Å². The van der Waals surface area contributed by atoms with Crippen molar-refractivity contribution in [3.63, 3.8) is 0 Å². The van der Waals surface area contributed by atoms with Crippen molar-refractivity contribution in [2.75, 3.05) is 9.80 Å². The molecule has 0 spiro atoms. The molecule has 154 valence electrons. The fourth-order valence-corrected chi connectivity index (χ4v) is 3.78. The zero-order valence-electron chi connectivity index (χ0n) is 17.9. The third-order valence-electron chi connectivity index (χ3n) is 4.42. The predicted molar refractivity (Wildman–Crippen MR) is 121 cm³/mol. The van der Waals surface area contributed by atoms with Crippen LogP contribution in [0.3, 0.4) is 0 Å². The number of rotatable bonds is 2. The second-order valence-electron chi connectivity index (χ2n) is 7.13. The summed E-state index contributed by atoms with van der Waals surface area (Å²) in [5.41, 5.74) is 10.4. The molecule has 0 atom stereocenters. The van der Waals surface area contributed by atoms with Crippen molar-refractivity contribution in [1.82, 2.24) is 0 Å². The maximum absolute atomic E-state index is 4.49. The first-order chi connectivity index (χ1) is 13.3. The Bertz CT molecular complexity index is 731. The molecule has 0 saturated heterocycles. The van der Waals surface area contributed by atoms with E-state index in [9.17, 15) is 0 Å². The van der Waals surface area contributed by atoms with Crippen LogP contribution in [0, 0.1) is 48.2 Å². The Balaban J connectivity index is 0.000000717. The van der Waals surface area contributed by atoms with Crippen molar-refractivity contribution in [2.45, 2.75) is 48.5 Å². The summed E-state index contributed by atoms with van der Waals surface area (Å²) in [5, 5.41) is 0. The van der Waals surface area contributed by atoms with Crippen LogP contribution in [0.1, 0.15) is 40.3 Å². The van der Waals surface area contributed by atoms with Gasteiger partial charge < -0.3 is 9.80 Å². The monoisotopic (exact) mass is 488 g/mol. The van der Waals surface area contributed by atoms with Crippen molar-refractivity contribution in [2.24, 2.45) is 0 Å². The second kappa shape index (κ2) is 11.5. The number of aryl methyl sites for hydroxylation is 6. The van der Waals surface area contributed by atoms with Crippen LogP contribution in [-0.4, -0.2) is 0 Å². The molecule has 0 N–H and O–H groups in total. The molecule has 0 bridgehead atoms. The third-order valence-corrected chi connectivity index (χ3v) is 4.42. The van der Waals surface area contributed by atoms with Gasteiger partial charge in [0.25, 0.3) is 0 Å². The SMILES string of the molecule is C=CC.Cc1cc(C)c(N2C=CN(c3c(C)cc(C)cc3C)[CH-]2)c(C)c1.[Cl][Pd+]. The summed E-state index contributed by atoms with van der Waals surface area (Å²) < 4.78 is 0. The van der Waals surface area contributed by atoms with E-state index in [0.29, 0.717) is 0 Å². The summed E-state index contributed by atoms with van der Waals surface area (Å²) in [5.74, 6) is 0. The third kappa shape index (κ3) is 5.98.